The summed E-state index contributed by atoms with van der Waals surface area (Å²) in [5.41, 5.74) is 3.38. The molecule has 150 valence electrons. The van der Waals surface area contributed by atoms with Crippen molar-refractivity contribution in [2.45, 2.75) is 13.1 Å². The lowest BCUT2D eigenvalue weighted by Crippen LogP contribution is -2.27. The first-order chi connectivity index (χ1) is 14.1. The molecule has 1 N–H and O–H groups in total. The first-order valence-corrected chi connectivity index (χ1v) is 9.30. The smallest absolute Gasteiger partial charge is 0.255 e. The van der Waals surface area contributed by atoms with Gasteiger partial charge in [0.1, 0.15) is 11.5 Å². The third-order valence-corrected chi connectivity index (χ3v) is 4.54. The monoisotopic (exact) mass is 391 g/mol. The molecule has 6 nitrogen and oxygen atoms in total. The molecule has 0 bridgehead atoms. The Hall–Kier alpha value is -3.54. The van der Waals surface area contributed by atoms with Gasteiger partial charge in [-0.05, 0) is 41.5 Å². The van der Waals surface area contributed by atoms with Crippen molar-refractivity contribution in [3.63, 3.8) is 0 Å². The van der Waals surface area contributed by atoms with Gasteiger partial charge in [-0.2, -0.15) is 0 Å². The SMILES string of the molecule is COc1cc(CN(C)C(=O)c2ccccc2NCc2cccnc2)cc(OC)c1. The van der Waals surface area contributed by atoms with Gasteiger partial charge in [-0.25, -0.2) is 0 Å². The van der Waals surface area contributed by atoms with Gasteiger partial charge in [-0.15, -0.1) is 0 Å². The molecule has 1 aromatic heterocycles. The minimum absolute atomic E-state index is 0.0685. The molecule has 29 heavy (non-hydrogen) atoms. The van der Waals surface area contributed by atoms with E-state index in [-0.39, 0.29) is 5.91 Å². The molecule has 0 atom stereocenters. The van der Waals surface area contributed by atoms with Gasteiger partial charge in [0.25, 0.3) is 5.91 Å². The van der Waals surface area contributed by atoms with Crippen molar-refractivity contribution in [1.29, 1.82) is 0 Å². The molecule has 6 heteroatoms. The predicted octanol–water partition coefficient (Wildman–Crippen LogP) is 3.98. The van der Waals surface area contributed by atoms with Crippen molar-refractivity contribution >= 4 is 11.6 Å². The molecule has 0 radical (unpaired) electrons. The first-order valence-electron chi connectivity index (χ1n) is 9.30. The van der Waals surface area contributed by atoms with Gasteiger partial charge in [0.15, 0.2) is 0 Å². The number of hydrogen-bond acceptors (Lipinski definition) is 5. The molecule has 1 heterocycles. The molecular weight excluding hydrogens is 366 g/mol. The zero-order chi connectivity index (χ0) is 20.6. The number of nitrogens with one attached hydrogen (secondary N) is 1. The molecule has 0 unspecified atom stereocenters. The average molecular weight is 391 g/mol. The lowest BCUT2D eigenvalue weighted by atomic mass is 10.1. The topological polar surface area (TPSA) is 63.7 Å². The number of carbonyl (C=O) groups is 1. The third kappa shape index (κ3) is 5.25. The fourth-order valence-electron chi connectivity index (χ4n) is 3.03. The second-order valence-corrected chi connectivity index (χ2v) is 6.64. The van der Waals surface area contributed by atoms with Crippen LogP contribution in [-0.4, -0.2) is 37.1 Å². The van der Waals surface area contributed by atoms with Gasteiger partial charge in [0.05, 0.1) is 19.8 Å². The first kappa shape index (κ1) is 20.2. The number of benzene rings is 2. The summed E-state index contributed by atoms with van der Waals surface area (Å²) < 4.78 is 10.6. The maximum atomic E-state index is 13.1. The van der Waals surface area contributed by atoms with Crippen molar-refractivity contribution in [1.82, 2.24) is 9.88 Å². The highest BCUT2D eigenvalue weighted by Crippen LogP contribution is 2.24. The number of rotatable bonds is 8. The molecule has 0 aliphatic carbocycles. The maximum Gasteiger partial charge on any atom is 0.255 e. The Bertz CT molecular complexity index is 938. The van der Waals surface area contributed by atoms with Crippen LogP contribution in [0.2, 0.25) is 0 Å². The standard InChI is InChI=1S/C23H25N3O3/c1-26(16-18-11-19(28-2)13-20(12-18)29-3)23(27)21-8-4-5-9-22(21)25-15-17-7-6-10-24-14-17/h4-14,25H,15-16H2,1-3H3. The van der Waals surface area contributed by atoms with Crippen LogP contribution in [0.4, 0.5) is 5.69 Å². The van der Waals surface area contributed by atoms with Crippen molar-refractivity contribution in [3.8, 4) is 11.5 Å². The molecule has 0 saturated heterocycles. The van der Waals surface area contributed by atoms with Crippen LogP contribution in [0.3, 0.4) is 0 Å². The van der Waals surface area contributed by atoms with E-state index < -0.39 is 0 Å². The molecule has 2 aromatic carbocycles. The summed E-state index contributed by atoms with van der Waals surface area (Å²) in [4.78, 5) is 18.9. The number of methoxy groups -OCH3 is 2. The molecule has 0 aliphatic rings. The lowest BCUT2D eigenvalue weighted by Gasteiger charge is -2.20. The van der Waals surface area contributed by atoms with Crippen LogP contribution in [0.1, 0.15) is 21.5 Å². The number of amides is 1. The van der Waals surface area contributed by atoms with E-state index in [0.717, 1.165) is 16.8 Å². The van der Waals surface area contributed by atoms with Crippen LogP contribution < -0.4 is 14.8 Å². The molecule has 1 amide bonds. The summed E-state index contributed by atoms with van der Waals surface area (Å²) in [6, 6.07) is 17.0. The lowest BCUT2D eigenvalue weighted by molar-refractivity contribution is 0.0785. The van der Waals surface area contributed by atoms with Crippen molar-refractivity contribution < 1.29 is 14.3 Å². The number of hydrogen-bond donors (Lipinski definition) is 1. The van der Waals surface area contributed by atoms with Gasteiger partial charge in [0, 0.05) is 44.3 Å². The van der Waals surface area contributed by atoms with Gasteiger partial charge in [-0.1, -0.05) is 18.2 Å². The molecule has 0 aliphatic heterocycles. The Labute approximate surface area is 171 Å². The van der Waals surface area contributed by atoms with Crippen molar-refractivity contribution in [2.75, 3.05) is 26.6 Å². The van der Waals surface area contributed by atoms with Gasteiger partial charge in [0.2, 0.25) is 0 Å². The van der Waals surface area contributed by atoms with Crippen LogP contribution >= 0.6 is 0 Å². The van der Waals surface area contributed by atoms with Crippen LogP contribution in [0.15, 0.2) is 67.0 Å². The number of anilines is 1. The fourth-order valence-corrected chi connectivity index (χ4v) is 3.03. The second-order valence-electron chi connectivity index (χ2n) is 6.64. The number of para-hydroxylation sites is 1. The van der Waals surface area contributed by atoms with E-state index >= 15 is 0 Å². The van der Waals surface area contributed by atoms with Crippen LogP contribution in [0.25, 0.3) is 0 Å². The maximum absolute atomic E-state index is 13.1. The van der Waals surface area contributed by atoms with Crippen LogP contribution in [0, 0.1) is 0 Å². The Morgan fingerprint density at radius 2 is 1.72 bits per heavy atom. The highest BCUT2D eigenvalue weighted by Gasteiger charge is 2.16. The Balaban J connectivity index is 1.74. The molecule has 0 fully saturated rings. The number of aromatic nitrogens is 1. The number of carbonyl (C=O) groups excluding carboxylic acids is 1. The van der Waals surface area contributed by atoms with Gasteiger partial charge < -0.3 is 19.7 Å². The number of pyridine rings is 1. The zero-order valence-corrected chi connectivity index (χ0v) is 16.9. The molecule has 0 spiro atoms. The molecule has 3 aromatic rings. The van der Waals surface area contributed by atoms with Gasteiger partial charge in [-0.3, -0.25) is 9.78 Å². The predicted molar refractivity (Wildman–Crippen MR) is 113 cm³/mol. The van der Waals surface area contributed by atoms with Crippen molar-refractivity contribution in [2.24, 2.45) is 0 Å². The van der Waals surface area contributed by atoms with Crippen LogP contribution in [-0.2, 0) is 13.1 Å². The minimum atomic E-state index is -0.0685. The number of ether oxygens (including phenoxy) is 2. The Kier molecular flexibility index (Phi) is 6.68. The molecule has 3 rings (SSSR count). The third-order valence-electron chi connectivity index (χ3n) is 4.54. The average Bonchev–Trinajstić information content (AvgIpc) is 2.77. The fraction of sp³-hybridized carbons (Fsp3) is 0.217. The van der Waals surface area contributed by atoms with E-state index in [0.29, 0.717) is 30.2 Å². The number of nitrogens with zero attached hydrogens (tertiary/aromatic N) is 2. The van der Waals surface area contributed by atoms with Crippen LogP contribution in [0.5, 0.6) is 11.5 Å². The summed E-state index contributed by atoms with van der Waals surface area (Å²) in [6.45, 7) is 1.03. The van der Waals surface area contributed by atoms with E-state index in [2.05, 4.69) is 10.3 Å². The summed E-state index contributed by atoms with van der Waals surface area (Å²) in [7, 11) is 5.00. The quantitative estimate of drug-likeness (QED) is 0.629. The largest absolute Gasteiger partial charge is 0.497 e. The Morgan fingerprint density at radius 1 is 1.00 bits per heavy atom. The van der Waals surface area contributed by atoms with E-state index in [4.69, 9.17) is 9.47 Å². The van der Waals surface area contributed by atoms with E-state index in [1.165, 1.54) is 0 Å². The summed E-state index contributed by atoms with van der Waals surface area (Å²) in [6.07, 6.45) is 3.54. The normalized spacial score (nSPS) is 10.3. The second kappa shape index (κ2) is 9.59. The van der Waals surface area contributed by atoms with Gasteiger partial charge >= 0.3 is 0 Å². The van der Waals surface area contributed by atoms with E-state index in [1.54, 1.807) is 38.6 Å². The highest BCUT2D eigenvalue weighted by molar-refractivity contribution is 5.99. The summed E-state index contributed by atoms with van der Waals surface area (Å²) in [5.74, 6) is 1.32. The van der Waals surface area contributed by atoms with E-state index in [9.17, 15) is 4.79 Å². The van der Waals surface area contributed by atoms with Crippen molar-refractivity contribution in [3.05, 3.63) is 83.7 Å². The van der Waals surface area contributed by atoms with E-state index in [1.807, 2.05) is 54.6 Å². The molecular formula is C23H25N3O3. The summed E-state index contributed by atoms with van der Waals surface area (Å²) in [5, 5.41) is 3.34. The summed E-state index contributed by atoms with van der Waals surface area (Å²) >= 11 is 0. The minimum Gasteiger partial charge on any atom is -0.497 e. The molecule has 0 saturated carbocycles. The zero-order valence-electron chi connectivity index (χ0n) is 16.9. The Morgan fingerprint density at radius 3 is 2.38 bits per heavy atom. The highest BCUT2D eigenvalue weighted by atomic mass is 16.5.